The summed E-state index contributed by atoms with van der Waals surface area (Å²) in [6, 6.07) is 8.60. The second-order valence-electron chi connectivity index (χ2n) is 9.69. The van der Waals surface area contributed by atoms with E-state index in [4.69, 9.17) is 33.2 Å². The van der Waals surface area contributed by atoms with Crippen molar-refractivity contribution in [2.75, 3.05) is 56.3 Å². The Morgan fingerprint density at radius 1 is 0.636 bits per heavy atom. The zero-order valence-electron chi connectivity index (χ0n) is 25.2. The van der Waals surface area contributed by atoms with E-state index in [1.54, 1.807) is 30.3 Å². The largest absolute Gasteiger partial charge is 0.469 e. The summed E-state index contributed by atoms with van der Waals surface area (Å²) >= 11 is 0. The molecule has 0 saturated carbocycles. The summed E-state index contributed by atoms with van der Waals surface area (Å²) < 4.78 is 35.3. The molecule has 0 radical (unpaired) electrons. The maximum absolute atomic E-state index is 14.3. The van der Waals surface area contributed by atoms with E-state index < -0.39 is 88.3 Å². The Morgan fingerprint density at radius 2 is 1.16 bits per heavy atom. The van der Waals surface area contributed by atoms with Crippen LogP contribution in [0.2, 0.25) is 0 Å². The van der Waals surface area contributed by atoms with Gasteiger partial charge in [0.15, 0.2) is 11.1 Å². The lowest BCUT2D eigenvalue weighted by atomic mass is 9.68. The minimum Gasteiger partial charge on any atom is -0.469 e. The minimum absolute atomic E-state index is 0.00994. The molecule has 238 valence electrons. The van der Waals surface area contributed by atoms with Crippen LogP contribution >= 0.6 is 0 Å². The van der Waals surface area contributed by atoms with Gasteiger partial charge in [0.1, 0.15) is 17.8 Å². The highest BCUT2D eigenvalue weighted by molar-refractivity contribution is 6.17. The molecule has 15 heteroatoms. The van der Waals surface area contributed by atoms with E-state index in [0.717, 1.165) is 54.7 Å². The third-order valence-corrected chi connectivity index (χ3v) is 8.13. The SMILES string of the molecule is COC(=O)C1=C(C(=O)OC)[C@@]2(C(=O)OC)[C@@H](C(=O)OC)[C@H](C(=O)OC)[C@@](C(=O)OC)([C@H]1C(=O)OC)N2CCc1ccccc1. The van der Waals surface area contributed by atoms with Crippen LogP contribution in [0, 0.1) is 17.8 Å². The van der Waals surface area contributed by atoms with Gasteiger partial charge in [-0.1, -0.05) is 30.3 Å². The summed E-state index contributed by atoms with van der Waals surface area (Å²) in [6.07, 6.45) is 0.00994. The summed E-state index contributed by atoms with van der Waals surface area (Å²) in [6.45, 7) is -0.405. The monoisotopic (exact) mass is 619 g/mol. The molecule has 3 rings (SSSR count). The number of hydrogen-bond donors (Lipinski definition) is 0. The fourth-order valence-corrected chi connectivity index (χ4v) is 6.57. The van der Waals surface area contributed by atoms with Gasteiger partial charge in [0.05, 0.1) is 60.9 Å². The van der Waals surface area contributed by atoms with Gasteiger partial charge in [-0.3, -0.25) is 19.3 Å². The Morgan fingerprint density at radius 3 is 1.64 bits per heavy atom. The first-order valence-corrected chi connectivity index (χ1v) is 13.1. The quantitative estimate of drug-likeness (QED) is 0.238. The molecule has 0 unspecified atom stereocenters. The van der Waals surface area contributed by atoms with Gasteiger partial charge in [-0.15, -0.1) is 0 Å². The highest BCUT2D eigenvalue weighted by atomic mass is 16.6. The van der Waals surface area contributed by atoms with Crippen molar-refractivity contribution in [2.45, 2.75) is 17.5 Å². The molecule has 5 atom stereocenters. The fraction of sp³-hybridized carbons (Fsp3) is 0.483. The molecule has 1 aromatic rings. The first kappa shape index (κ1) is 33.7. The number of benzene rings is 1. The van der Waals surface area contributed by atoms with Crippen LogP contribution in [0.4, 0.5) is 0 Å². The number of esters is 7. The van der Waals surface area contributed by atoms with Crippen molar-refractivity contribution in [3.05, 3.63) is 47.0 Å². The Kier molecular flexibility index (Phi) is 10.1. The maximum Gasteiger partial charge on any atom is 0.336 e. The summed E-state index contributed by atoms with van der Waals surface area (Å²) in [7, 11) is 6.47. The highest BCUT2D eigenvalue weighted by Gasteiger charge is 2.85. The van der Waals surface area contributed by atoms with Crippen molar-refractivity contribution in [2.24, 2.45) is 17.8 Å². The standard InChI is InChI=1S/C29H33NO14/c1-38-21(31)16-17(22(32)39-2)28(26(36)43-6)19(24(34)41-4)20(25(35)42-5)29(27(37)44-7,18(16)23(33)40-3)30(28)14-13-15-11-9-8-10-12-15/h8-12,17,19-20H,13-14H2,1-7H3/t17-,19-,20-,28-,29+/m1/s1. The van der Waals surface area contributed by atoms with Gasteiger partial charge in [0.2, 0.25) is 0 Å². The van der Waals surface area contributed by atoms with Gasteiger partial charge < -0.3 is 33.2 Å². The molecule has 0 aromatic heterocycles. The lowest BCUT2D eigenvalue weighted by Gasteiger charge is -2.51. The normalized spacial score (nSPS) is 25.8. The predicted octanol–water partition coefficient (Wildman–Crippen LogP) is -0.608. The number of fused-ring (bicyclic) bond motifs is 2. The first-order chi connectivity index (χ1) is 21.0. The van der Waals surface area contributed by atoms with Gasteiger partial charge in [-0.05, 0) is 12.0 Å². The van der Waals surface area contributed by atoms with Gasteiger partial charge >= 0.3 is 41.8 Å². The Hall–Kier alpha value is -4.79. The second kappa shape index (κ2) is 13.2. The molecule has 2 heterocycles. The molecule has 1 aromatic carbocycles. The van der Waals surface area contributed by atoms with Crippen LogP contribution in [0.1, 0.15) is 5.56 Å². The van der Waals surface area contributed by atoms with Crippen molar-refractivity contribution in [1.82, 2.24) is 4.90 Å². The van der Waals surface area contributed by atoms with Crippen LogP contribution in [0.15, 0.2) is 41.5 Å². The van der Waals surface area contributed by atoms with Crippen LogP contribution in [0.5, 0.6) is 0 Å². The summed E-state index contributed by atoms with van der Waals surface area (Å²) in [5, 5.41) is 0. The van der Waals surface area contributed by atoms with E-state index in [1.807, 2.05) is 0 Å². The number of ether oxygens (including phenoxy) is 7. The van der Waals surface area contributed by atoms with E-state index in [2.05, 4.69) is 0 Å². The number of carbonyl (C=O) groups is 7. The smallest absolute Gasteiger partial charge is 0.336 e. The van der Waals surface area contributed by atoms with E-state index in [-0.39, 0.29) is 6.42 Å². The van der Waals surface area contributed by atoms with Crippen LogP contribution in [0.3, 0.4) is 0 Å². The number of nitrogens with zero attached hydrogens (tertiary/aromatic N) is 1. The molecule has 0 amide bonds. The highest BCUT2D eigenvalue weighted by Crippen LogP contribution is 2.63. The van der Waals surface area contributed by atoms with E-state index in [0.29, 0.717) is 5.56 Å². The zero-order chi connectivity index (χ0) is 33.0. The molecule has 15 nitrogen and oxygen atoms in total. The van der Waals surface area contributed by atoms with Crippen molar-refractivity contribution in [3.63, 3.8) is 0 Å². The Labute approximate surface area is 252 Å². The molecule has 1 fully saturated rings. The molecule has 0 N–H and O–H groups in total. The topological polar surface area (TPSA) is 187 Å². The number of hydrogen-bond acceptors (Lipinski definition) is 15. The van der Waals surface area contributed by atoms with Gasteiger partial charge in [0.25, 0.3) is 0 Å². The molecule has 1 saturated heterocycles. The zero-order valence-corrected chi connectivity index (χ0v) is 25.2. The van der Waals surface area contributed by atoms with Gasteiger partial charge in [0, 0.05) is 6.54 Å². The van der Waals surface area contributed by atoms with Crippen LogP contribution < -0.4 is 0 Å². The molecule has 0 aliphatic carbocycles. The van der Waals surface area contributed by atoms with E-state index >= 15 is 0 Å². The molecule has 44 heavy (non-hydrogen) atoms. The van der Waals surface area contributed by atoms with Gasteiger partial charge in [-0.25, -0.2) is 19.2 Å². The number of carbonyl (C=O) groups excluding carboxylic acids is 7. The lowest BCUT2D eigenvalue weighted by Crippen LogP contribution is -2.73. The van der Waals surface area contributed by atoms with E-state index in [1.165, 1.54) is 0 Å². The average molecular weight is 620 g/mol. The van der Waals surface area contributed by atoms with Crippen molar-refractivity contribution >= 4 is 41.8 Å². The molecular weight excluding hydrogens is 586 g/mol. The number of rotatable bonds is 10. The van der Waals surface area contributed by atoms with Crippen LogP contribution in [0.25, 0.3) is 0 Å². The minimum atomic E-state index is -2.81. The summed E-state index contributed by atoms with van der Waals surface area (Å²) in [5.74, 6) is -15.9. The summed E-state index contributed by atoms with van der Waals surface area (Å²) in [4.78, 5) is 98.3. The predicted molar refractivity (Wildman–Crippen MR) is 144 cm³/mol. The number of methoxy groups -OCH3 is 7. The van der Waals surface area contributed by atoms with Gasteiger partial charge in [-0.2, -0.15) is 0 Å². The van der Waals surface area contributed by atoms with Crippen LogP contribution in [-0.4, -0.2) is 114 Å². The molecule has 0 spiro atoms. The van der Waals surface area contributed by atoms with Crippen molar-refractivity contribution < 1.29 is 66.7 Å². The molecule has 2 bridgehead atoms. The average Bonchev–Trinajstić information content (AvgIpc) is 3.26. The third-order valence-electron chi connectivity index (χ3n) is 8.13. The van der Waals surface area contributed by atoms with Crippen molar-refractivity contribution in [3.8, 4) is 0 Å². The third kappa shape index (κ3) is 4.67. The fourth-order valence-electron chi connectivity index (χ4n) is 6.57. The molecule has 2 aliphatic rings. The lowest BCUT2D eigenvalue weighted by molar-refractivity contribution is -0.182. The van der Waals surface area contributed by atoms with E-state index in [9.17, 15) is 33.6 Å². The second-order valence-corrected chi connectivity index (χ2v) is 9.69. The molecule has 2 aliphatic heterocycles. The maximum atomic E-state index is 14.3. The Balaban J connectivity index is 2.76. The van der Waals surface area contributed by atoms with Crippen LogP contribution in [-0.2, 0) is 73.1 Å². The molecular formula is C29H33NO14. The summed E-state index contributed by atoms with van der Waals surface area (Å²) in [5.41, 5.74) is -6.71. The Bertz CT molecular complexity index is 1390. The van der Waals surface area contributed by atoms with Crippen molar-refractivity contribution in [1.29, 1.82) is 0 Å². The first-order valence-electron chi connectivity index (χ1n) is 13.1.